The summed E-state index contributed by atoms with van der Waals surface area (Å²) in [4.78, 5) is 5.73. The molecule has 4 heteroatoms. The molecule has 1 aliphatic rings. The molecule has 1 N–H and O–H groups in total. The molecule has 0 saturated carbocycles. The van der Waals surface area contributed by atoms with Crippen LogP contribution >= 0.6 is 12.2 Å². The van der Waals surface area contributed by atoms with Crippen molar-refractivity contribution in [2.45, 2.75) is 46.1 Å². The molecule has 0 atom stereocenters. The third kappa shape index (κ3) is 3.04. The van der Waals surface area contributed by atoms with E-state index >= 15 is 0 Å². The molecule has 2 rings (SSSR count). The van der Waals surface area contributed by atoms with Crippen molar-refractivity contribution < 1.29 is 0 Å². The summed E-state index contributed by atoms with van der Waals surface area (Å²) >= 11 is 5.40. The maximum absolute atomic E-state index is 5.40. The van der Waals surface area contributed by atoms with E-state index in [1.165, 1.54) is 38.2 Å². The summed E-state index contributed by atoms with van der Waals surface area (Å²) in [5, 5.41) is 0. The van der Waals surface area contributed by atoms with Gasteiger partial charge in [0.2, 0.25) is 0 Å². The molecule has 0 aromatic carbocycles. The first-order valence-electron chi connectivity index (χ1n) is 7.12. The van der Waals surface area contributed by atoms with E-state index in [2.05, 4.69) is 41.4 Å². The smallest absolute Gasteiger partial charge is 0.177 e. The van der Waals surface area contributed by atoms with Crippen LogP contribution in [0.5, 0.6) is 0 Å². The number of imidazole rings is 1. The number of piperidine rings is 1. The van der Waals surface area contributed by atoms with Crippen molar-refractivity contribution in [3.05, 3.63) is 16.7 Å². The second kappa shape index (κ2) is 6.02. The molecule has 0 amide bonds. The highest BCUT2D eigenvalue weighted by Gasteiger charge is 2.20. The predicted molar refractivity (Wildman–Crippen MR) is 78.5 cm³/mol. The zero-order chi connectivity index (χ0) is 13.1. The van der Waals surface area contributed by atoms with Crippen molar-refractivity contribution in [2.75, 3.05) is 19.6 Å². The van der Waals surface area contributed by atoms with Gasteiger partial charge in [0.1, 0.15) is 0 Å². The second-order valence-corrected chi connectivity index (χ2v) is 6.05. The monoisotopic (exact) mass is 267 g/mol. The summed E-state index contributed by atoms with van der Waals surface area (Å²) in [6, 6.07) is 0. The summed E-state index contributed by atoms with van der Waals surface area (Å²) in [5.74, 6) is 1.32. The van der Waals surface area contributed by atoms with Crippen molar-refractivity contribution in [3.63, 3.8) is 0 Å². The lowest BCUT2D eigenvalue weighted by Gasteiger charge is -2.31. The number of aromatic nitrogens is 2. The highest BCUT2D eigenvalue weighted by atomic mass is 32.1. The second-order valence-electron chi connectivity index (χ2n) is 5.66. The van der Waals surface area contributed by atoms with Crippen LogP contribution in [-0.2, 0) is 6.54 Å². The minimum absolute atomic E-state index is 0.536. The number of aromatic amines is 1. The topological polar surface area (TPSA) is 24.0 Å². The molecule has 102 valence electrons. The SMILES string of the molecule is CCN1CCC(Cn2c(C(C)C)c[nH]c2=S)CC1. The fourth-order valence-corrected chi connectivity index (χ4v) is 3.06. The van der Waals surface area contributed by atoms with E-state index in [9.17, 15) is 0 Å². The van der Waals surface area contributed by atoms with Crippen LogP contribution in [0.4, 0.5) is 0 Å². The average Bonchev–Trinajstić information content (AvgIpc) is 2.72. The van der Waals surface area contributed by atoms with Crippen LogP contribution in [-0.4, -0.2) is 34.1 Å². The molecule has 1 saturated heterocycles. The highest BCUT2D eigenvalue weighted by molar-refractivity contribution is 7.71. The van der Waals surface area contributed by atoms with Gasteiger partial charge in [-0.25, -0.2) is 0 Å². The molecule has 0 bridgehead atoms. The standard InChI is InChI=1S/C14H25N3S/c1-4-16-7-5-12(6-8-16)10-17-13(11(2)3)9-15-14(17)18/h9,11-12H,4-8,10H2,1-3H3,(H,15,18). The Kier molecular flexibility index (Phi) is 4.62. The molecule has 2 heterocycles. The van der Waals surface area contributed by atoms with E-state index in [4.69, 9.17) is 12.2 Å². The van der Waals surface area contributed by atoms with Gasteiger partial charge in [0.25, 0.3) is 0 Å². The van der Waals surface area contributed by atoms with Crippen molar-refractivity contribution in [1.82, 2.24) is 14.5 Å². The molecule has 0 unspecified atom stereocenters. The van der Waals surface area contributed by atoms with Crippen LogP contribution < -0.4 is 0 Å². The number of nitrogens with one attached hydrogen (secondary N) is 1. The molecule has 0 radical (unpaired) electrons. The molecular formula is C14H25N3S. The number of nitrogens with zero attached hydrogens (tertiary/aromatic N) is 2. The van der Waals surface area contributed by atoms with Crippen LogP contribution in [0.2, 0.25) is 0 Å². The van der Waals surface area contributed by atoms with Gasteiger partial charge < -0.3 is 14.5 Å². The van der Waals surface area contributed by atoms with Crippen LogP contribution in [0.1, 0.15) is 45.2 Å². The van der Waals surface area contributed by atoms with Gasteiger partial charge in [0.15, 0.2) is 4.77 Å². The fraction of sp³-hybridized carbons (Fsp3) is 0.786. The Morgan fingerprint density at radius 2 is 2.06 bits per heavy atom. The van der Waals surface area contributed by atoms with Gasteiger partial charge in [-0.3, -0.25) is 0 Å². The quantitative estimate of drug-likeness (QED) is 0.845. The summed E-state index contributed by atoms with van der Waals surface area (Å²) < 4.78 is 3.20. The summed E-state index contributed by atoms with van der Waals surface area (Å²) in [5.41, 5.74) is 1.35. The Bertz CT molecular complexity index is 424. The van der Waals surface area contributed by atoms with Crippen molar-refractivity contribution in [1.29, 1.82) is 0 Å². The van der Waals surface area contributed by atoms with Gasteiger partial charge in [0.05, 0.1) is 0 Å². The summed E-state index contributed by atoms with van der Waals surface area (Å²) in [6.45, 7) is 11.5. The number of likely N-dealkylation sites (tertiary alicyclic amines) is 1. The van der Waals surface area contributed by atoms with Crippen molar-refractivity contribution >= 4 is 12.2 Å². The third-order valence-electron chi connectivity index (χ3n) is 4.09. The first-order chi connectivity index (χ1) is 8.61. The van der Waals surface area contributed by atoms with E-state index in [1.807, 2.05) is 0 Å². The van der Waals surface area contributed by atoms with Gasteiger partial charge in [-0.1, -0.05) is 20.8 Å². The van der Waals surface area contributed by atoms with Gasteiger partial charge in [-0.2, -0.15) is 0 Å². The van der Waals surface area contributed by atoms with Crippen LogP contribution in [0.25, 0.3) is 0 Å². The Balaban J connectivity index is 2.02. The number of rotatable bonds is 4. The maximum Gasteiger partial charge on any atom is 0.177 e. The molecule has 0 spiro atoms. The molecule has 1 aromatic rings. The van der Waals surface area contributed by atoms with E-state index in [-0.39, 0.29) is 0 Å². The Hall–Kier alpha value is -0.610. The van der Waals surface area contributed by atoms with Crippen molar-refractivity contribution in [3.8, 4) is 0 Å². The minimum Gasteiger partial charge on any atom is -0.337 e. The first kappa shape index (κ1) is 13.8. The summed E-state index contributed by atoms with van der Waals surface area (Å²) in [7, 11) is 0. The molecule has 1 aromatic heterocycles. The Morgan fingerprint density at radius 3 is 2.61 bits per heavy atom. The van der Waals surface area contributed by atoms with Gasteiger partial charge in [-0.15, -0.1) is 0 Å². The summed E-state index contributed by atoms with van der Waals surface area (Å²) in [6.07, 6.45) is 4.69. The van der Waals surface area contributed by atoms with E-state index in [1.54, 1.807) is 0 Å². The van der Waals surface area contributed by atoms with Crippen LogP contribution in [0.15, 0.2) is 6.20 Å². The van der Waals surface area contributed by atoms with E-state index in [0.29, 0.717) is 5.92 Å². The van der Waals surface area contributed by atoms with Crippen LogP contribution in [0, 0.1) is 10.7 Å². The lowest BCUT2D eigenvalue weighted by atomic mass is 9.96. The molecule has 3 nitrogen and oxygen atoms in total. The first-order valence-corrected chi connectivity index (χ1v) is 7.53. The number of hydrogen-bond acceptors (Lipinski definition) is 2. The Morgan fingerprint density at radius 1 is 1.39 bits per heavy atom. The maximum atomic E-state index is 5.40. The van der Waals surface area contributed by atoms with Gasteiger partial charge in [0, 0.05) is 18.4 Å². The largest absolute Gasteiger partial charge is 0.337 e. The number of hydrogen-bond donors (Lipinski definition) is 1. The zero-order valence-electron chi connectivity index (χ0n) is 11.8. The Labute approximate surface area is 115 Å². The molecule has 18 heavy (non-hydrogen) atoms. The third-order valence-corrected chi connectivity index (χ3v) is 4.43. The normalized spacial score (nSPS) is 18.7. The molecule has 0 aliphatic carbocycles. The van der Waals surface area contributed by atoms with E-state index in [0.717, 1.165) is 17.2 Å². The predicted octanol–water partition coefficient (Wildman–Crippen LogP) is 3.40. The van der Waals surface area contributed by atoms with Gasteiger partial charge >= 0.3 is 0 Å². The van der Waals surface area contributed by atoms with E-state index < -0.39 is 0 Å². The van der Waals surface area contributed by atoms with Crippen molar-refractivity contribution in [2.24, 2.45) is 5.92 Å². The fourth-order valence-electron chi connectivity index (χ4n) is 2.82. The van der Waals surface area contributed by atoms with Gasteiger partial charge in [-0.05, 0) is 56.5 Å². The average molecular weight is 267 g/mol. The molecule has 1 fully saturated rings. The minimum atomic E-state index is 0.536. The lowest BCUT2D eigenvalue weighted by Crippen LogP contribution is -2.34. The zero-order valence-corrected chi connectivity index (χ0v) is 12.6. The van der Waals surface area contributed by atoms with Crippen LogP contribution in [0.3, 0.4) is 0 Å². The number of H-pyrrole nitrogens is 1. The lowest BCUT2D eigenvalue weighted by molar-refractivity contribution is 0.180. The molecular weight excluding hydrogens is 242 g/mol. The molecule has 1 aliphatic heterocycles. The highest BCUT2D eigenvalue weighted by Crippen LogP contribution is 2.22.